The summed E-state index contributed by atoms with van der Waals surface area (Å²) in [7, 11) is 0.892. The van der Waals surface area contributed by atoms with Gasteiger partial charge in [-0.2, -0.15) is 36.4 Å². The summed E-state index contributed by atoms with van der Waals surface area (Å²) in [5.41, 5.74) is 0. The second kappa shape index (κ2) is 26.9. The fourth-order valence-corrected chi connectivity index (χ4v) is 4.37. The Morgan fingerprint density at radius 3 is 0.955 bits per heavy atom. The molecule has 0 saturated carbocycles. The number of hydrogen-bond donors (Lipinski definition) is 0. The van der Waals surface area contributed by atoms with Crippen molar-refractivity contribution in [2.75, 3.05) is 37.0 Å². The molecule has 1 rings (SSSR count). The van der Waals surface area contributed by atoms with Crippen LogP contribution in [0.15, 0.2) is 30.3 Å². The number of benzene rings is 1. The monoisotopic (exact) mass is 450 g/mol. The van der Waals surface area contributed by atoms with Gasteiger partial charge >= 0.3 is 27.9 Å². The van der Waals surface area contributed by atoms with Crippen molar-refractivity contribution < 1.29 is 13.7 Å². The Bertz CT molecular complexity index is 203. The maximum atomic E-state index is 3.69. The maximum Gasteiger partial charge on any atom is -0.171 e. The Labute approximate surface area is 158 Å². The van der Waals surface area contributed by atoms with E-state index in [1.807, 2.05) is 30.3 Å². The van der Waals surface area contributed by atoms with Gasteiger partial charge in [-0.1, -0.05) is 41.5 Å². The first-order valence-electron chi connectivity index (χ1n) is 8.17. The van der Waals surface area contributed by atoms with E-state index in [1.165, 1.54) is 37.0 Å². The minimum absolute atomic E-state index is 0.446. The first-order valence-corrected chi connectivity index (χ1v) is 14.4. The summed E-state index contributed by atoms with van der Waals surface area (Å²) >= 11 is 6.25. The normalized spacial score (nSPS) is 9.05. The largest absolute Gasteiger partial charge is 0.184 e. The van der Waals surface area contributed by atoms with E-state index in [-0.39, 0.29) is 0 Å². The van der Waals surface area contributed by atoms with Gasteiger partial charge in [0, 0.05) is 0 Å². The van der Waals surface area contributed by atoms with Gasteiger partial charge in [-0.15, -0.1) is 15.8 Å². The SMILES string of the molecule is CCP(CC)CC.CCP(CC)CC.[Ni][Br].[c-]1ccccc1. The van der Waals surface area contributed by atoms with Gasteiger partial charge in [-0.25, -0.2) is 0 Å². The Morgan fingerprint density at radius 2 is 0.909 bits per heavy atom. The molecule has 0 bridgehead atoms. The summed E-state index contributed by atoms with van der Waals surface area (Å²) < 4.78 is 0. The molecule has 0 aliphatic carbocycles. The molecule has 0 aliphatic heterocycles. The molecule has 135 valence electrons. The summed E-state index contributed by atoms with van der Waals surface area (Å²) in [5.74, 6) is 0. The molecule has 0 saturated heterocycles. The zero-order valence-electron chi connectivity index (χ0n) is 15.2. The molecular formula is C18H35BrNiP2-. The minimum atomic E-state index is 0.446. The van der Waals surface area contributed by atoms with Crippen LogP contribution < -0.4 is 0 Å². The summed E-state index contributed by atoms with van der Waals surface area (Å²) in [4.78, 5) is 0. The minimum Gasteiger partial charge on any atom is -0.184 e. The van der Waals surface area contributed by atoms with E-state index in [0.717, 1.165) is 0 Å². The summed E-state index contributed by atoms with van der Waals surface area (Å²) in [6.45, 7) is 13.7. The van der Waals surface area contributed by atoms with Gasteiger partial charge in [0.05, 0.1) is 0 Å². The average Bonchev–Trinajstić information content (AvgIpc) is 2.62. The zero-order valence-corrected chi connectivity index (χ0v) is 19.6. The van der Waals surface area contributed by atoms with Crippen molar-refractivity contribution in [3.8, 4) is 0 Å². The molecule has 1 aromatic rings. The second-order valence-electron chi connectivity index (χ2n) is 4.32. The van der Waals surface area contributed by atoms with Gasteiger partial charge in [-0.3, -0.25) is 0 Å². The molecule has 0 aliphatic rings. The van der Waals surface area contributed by atoms with Crippen LogP contribution in [-0.4, -0.2) is 37.0 Å². The van der Waals surface area contributed by atoms with E-state index in [2.05, 4.69) is 75.5 Å². The van der Waals surface area contributed by atoms with Gasteiger partial charge in [0.1, 0.15) is 0 Å². The third kappa shape index (κ3) is 23.3. The molecule has 1 aromatic carbocycles. The van der Waals surface area contributed by atoms with E-state index in [9.17, 15) is 0 Å². The molecule has 0 spiro atoms. The quantitative estimate of drug-likeness (QED) is 0.240. The predicted molar refractivity (Wildman–Crippen MR) is 111 cm³/mol. The van der Waals surface area contributed by atoms with Crippen LogP contribution in [0.1, 0.15) is 41.5 Å². The van der Waals surface area contributed by atoms with Crippen LogP contribution in [0.5, 0.6) is 0 Å². The average molecular weight is 452 g/mol. The van der Waals surface area contributed by atoms with Crippen LogP contribution in [-0.2, 0) is 13.7 Å². The smallest absolute Gasteiger partial charge is 0.171 e. The van der Waals surface area contributed by atoms with E-state index < -0.39 is 0 Å². The van der Waals surface area contributed by atoms with E-state index in [4.69, 9.17) is 0 Å². The van der Waals surface area contributed by atoms with Gasteiger partial charge in [0.25, 0.3) is 0 Å². The standard InChI is InChI=1S/2C6H15P.C6H5.BrH.Ni/c2*1-4-7(5-2)6-3;1-2-4-6-5-3-1;;/h2*4-6H2,1-3H3;1-5H;1H;/q;;-1;;+1/p-1. The Hall–Kier alpha value is 1.05. The Balaban J connectivity index is -0.000000233. The topological polar surface area (TPSA) is 0 Å². The molecular weight excluding hydrogens is 417 g/mol. The van der Waals surface area contributed by atoms with Crippen LogP contribution in [0.25, 0.3) is 0 Å². The molecule has 22 heavy (non-hydrogen) atoms. The third-order valence-electron chi connectivity index (χ3n) is 3.29. The van der Waals surface area contributed by atoms with Crippen molar-refractivity contribution in [1.29, 1.82) is 0 Å². The van der Waals surface area contributed by atoms with E-state index in [1.54, 1.807) is 0 Å². The molecule has 0 unspecified atom stereocenters. The van der Waals surface area contributed by atoms with Gasteiger partial charge in [-0.05, 0) is 37.0 Å². The molecule has 0 N–H and O–H groups in total. The van der Waals surface area contributed by atoms with Crippen LogP contribution in [0, 0.1) is 6.07 Å². The van der Waals surface area contributed by atoms with Crippen molar-refractivity contribution in [3.05, 3.63) is 36.4 Å². The molecule has 0 fully saturated rings. The number of rotatable bonds is 6. The Kier molecular flexibility index (Phi) is 34.1. The maximum absolute atomic E-state index is 3.69. The fourth-order valence-electron chi connectivity index (χ4n) is 1.68. The number of hydrogen-bond acceptors (Lipinski definition) is 0. The van der Waals surface area contributed by atoms with Gasteiger partial charge in [0.2, 0.25) is 0 Å². The first-order chi connectivity index (χ1) is 10.7. The van der Waals surface area contributed by atoms with Crippen LogP contribution >= 0.6 is 30.1 Å². The molecule has 0 amide bonds. The second-order valence-corrected chi connectivity index (χ2v) is 10.8. The molecule has 0 nitrogen and oxygen atoms in total. The van der Waals surface area contributed by atoms with E-state index >= 15 is 0 Å². The predicted octanol–water partition coefficient (Wildman–Crippen LogP) is 7.39. The molecule has 0 atom stereocenters. The number of halogens is 1. The van der Waals surface area contributed by atoms with Crippen LogP contribution in [0.2, 0.25) is 0 Å². The van der Waals surface area contributed by atoms with Crippen molar-refractivity contribution in [3.63, 3.8) is 0 Å². The summed E-state index contributed by atoms with van der Waals surface area (Å²) in [5, 5.41) is 0. The fraction of sp³-hybridized carbons (Fsp3) is 0.667. The van der Waals surface area contributed by atoms with Crippen molar-refractivity contribution in [1.82, 2.24) is 0 Å². The third-order valence-corrected chi connectivity index (χ3v) is 8.66. The Morgan fingerprint density at radius 1 is 0.636 bits per heavy atom. The molecule has 4 heteroatoms. The van der Waals surface area contributed by atoms with Gasteiger partial charge in [0.15, 0.2) is 0 Å². The van der Waals surface area contributed by atoms with Crippen molar-refractivity contribution >= 4 is 30.1 Å². The zero-order chi connectivity index (χ0) is 17.6. The van der Waals surface area contributed by atoms with E-state index in [0.29, 0.717) is 15.8 Å². The molecule has 0 aromatic heterocycles. The van der Waals surface area contributed by atoms with Crippen molar-refractivity contribution in [2.45, 2.75) is 41.5 Å². The summed E-state index contributed by atoms with van der Waals surface area (Å²) in [6, 6.07) is 12.5. The van der Waals surface area contributed by atoms with Crippen molar-refractivity contribution in [2.24, 2.45) is 0 Å². The molecule has 0 heterocycles. The first kappa shape index (κ1) is 27.9. The summed E-state index contributed by atoms with van der Waals surface area (Å²) in [6.07, 6.45) is 8.51. The molecule has 0 radical (unpaired) electrons. The van der Waals surface area contributed by atoms with Crippen LogP contribution in [0.4, 0.5) is 0 Å². The van der Waals surface area contributed by atoms with Crippen LogP contribution in [0.3, 0.4) is 0 Å². The van der Waals surface area contributed by atoms with Gasteiger partial charge < -0.3 is 0 Å².